The van der Waals surface area contributed by atoms with Crippen molar-refractivity contribution in [3.05, 3.63) is 65.5 Å². The molecule has 0 aliphatic rings. The highest BCUT2D eigenvalue weighted by atomic mass is 16.5. The number of ether oxygens (including phenoxy) is 2. The second-order valence-corrected chi connectivity index (χ2v) is 4.51. The molecule has 0 aliphatic carbocycles. The number of hydrogen-bond acceptors (Lipinski definition) is 4. The molecule has 2 aromatic rings. The molecule has 1 amide bonds. The molecule has 1 N–H and O–H groups in total. The fourth-order valence-corrected chi connectivity index (χ4v) is 1.76. The lowest BCUT2D eigenvalue weighted by atomic mass is 10.2. The van der Waals surface area contributed by atoms with Crippen LogP contribution in [0.3, 0.4) is 0 Å². The zero-order chi connectivity index (χ0) is 16.7. The van der Waals surface area contributed by atoms with Crippen LogP contribution in [0.25, 0.3) is 4.85 Å². The van der Waals surface area contributed by atoms with E-state index in [1.807, 2.05) is 0 Å². The van der Waals surface area contributed by atoms with Crippen LogP contribution >= 0.6 is 0 Å². The molecule has 0 radical (unpaired) electrons. The van der Waals surface area contributed by atoms with Crippen LogP contribution in [-0.2, 0) is 9.53 Å². The van der Waals surface area contributed by atoms with Crippen molar-refractivity contribution in [1.29, 1.82) is 0 Å². The largest absolute Gasteiger partial charge is 0.497 e. The van der Waals surface area contributed by atoms with Gasteiger partial charge in [0.15, 0.2) is 12.3 Å². The Labute approximate surface area is 133 Å². The molecule has 6 heteroatoms. The number of carbonyl (C=O) groups excluding carboxylic acids is 2. The second kappa shape index (κ2) is 7.61. The second-order valence-electron chi connectivity index (χ2n) is 4.51. The van der Waals surface area contributed by atoms with Crippen LogP contribution in [0.2, 0.25) is 0 Å². The van der Waals surface area contributed by atoms with Crippen molar-refractivity contribution in [2.75, 3.05) is 19.0 Å². The topological polar surface area (TPSA) is 69.0 Å². The molecular weight excluding hydrogens is 296 g/mol. The van der Waals surface area contributed by atoms with Crippen molar-refractivity contribution in [1.82, 2.24) is 0 Å². The molecule has 0 aliphatic heterocycles. The van der Waals surface area contributed by atoms with Crippen molar-refractivity contribution in [3.63, 3.8) is 0 Å². The SMILES string of the molecule is [C-]#[N+]c1ccc(C(=O)OCC(=O)Nc2ccc(OC)cc2)cc1. The molecule has 0 saturated heterocycles. The van der Waals surface area contributed by atoms with E-state index in [9.17, 15) is 9.59 Å². The van der Waals surface area contributed by atoms with Crippen LogP contribution in [0.4, 0.5) is 11.4 Å². The summed E-state index contributed by atoms with van der Waals surface area (Å²) in [6.45, 7) is 6.45. The summed E-state index contributed by atoms with van der Waals surface area (Å²) >= 11 is 0. The summed E-state index contributed by atoms with van der Waals surface area (Å²) in [4.78, 5) is 26.8. The van der Waals surface area contributed by atoms with Gasteiger partial charge in [0.2, 0.25) is 0 Å². The van der Waals surface area contributed by atoms with E-state index < -0.39 is 18.5 Å². The molecule has 0 atom stereocenters. The summed E-state index contributed by atoms with van der Waals surface area (Å²) in [7, 11) is 1.55. The molecule has 2 rings (SSSR count). The molecule has 6 nitrogen and oxygen atoms in total. The molecule has 0 unspecified atom stereocenters. The van der Waals surface area contributed by atoms with Crippen LogP contribution in [0.15, 0.2) is 48.5 Å². The summed E-state index contributed by atoms with van der Waals surface area (Å²) in [5.74, 6) is -0.384. The van der Waals surface area contributed by atoms with Gasteiger partial charge in [-0.05, 0) is 24.3 Å². The normalized spacial score (nSPS) is 9.57. The van der Waals surface area contributed by atoms with Crippen LogP contribution < -0.4 is 10.1 Å². The first-order valence-electron chi connectivity index (χ1n) is 6.71. The van der Waals surface area contributed by atoms with Gasteiger partial charge in [-0.25, -0.2) is 9.64 Å². The van der Waals surface area contributed by atoms with Gasteiger partial charge in [-0.3, -0.25) is 4.79 Å². The first kappa shape index (κ1) is 16.0. The Morgan fingerprint density at radius 2 is 1.74 bits per heavy atom. The van der Waals surface area contributed by atoms with Gasteiger partial charge in [0.1, 0.15) is 5.75 Å². The fourth-order valence-electron chi connectivity index (χ4n) is 1.76. The Morgan fingerprint density at radius 1 is 1.09 bits per heavy atom. The number of methoxy groups -OCH3 is 1. The maximum Gasteiger partial charge on any atom is 0.338 e. The minimum atomic E-state index is -0.619. The molecule has 0 fully saturated rings. The summed E-state index contributed by atoms with van der Waals surface area (Å²) < 4.78 is 9.95. The van der Waals surface area contributed by atoms with Gasteiger partial charge in [0.25, 0.3) is 5.91 Å². The quantitative estimate of drug-likeness (QED) is 0.681. The van der Waals surface area contributed by atoms with Crippen molar-refractivity contribution in [2.45, 2.75) is 0 Å². The monoisotopic (exact) mass is 310 g/mol. The Bertz CT molecular complexity index is 731. The number of amides is 1. The summed E-state index contributed by atoms with van der Waals surface area (Å²) in [6, 6.07) is 12.8. The number of hydrogen-bond donors (Lipinski definition) is 1. The van der Waals surface area contributed by atoms with E-state index in [-0.39, 0.29) is 5.56 Å². The predicted octanol–water partition coefficient (Wildman–Crippen LogP) is 3.04. The lowest BCUT2D eigenvalue weighted by Crippen LogP contribution is -2.20. The Morgan fingerprint density at radius 3 is 2.30 bits per heavy atom. The van der Waals surface area contributed by atoms with Gasteiger partial charge in [0, 0.05) is 5.69 Å². The van der Waals surface area contributed by atoms with Crippen LogP contribution in [0, 0.1) is 6.57 Å². The van der Waals surface area contributed by atoms with Crippen LogP contribution in [0.1, 0.15) is 10.4 Å². The number of benzene rings is 2. The van der Waals surface area contributed by atoms with E-state index in [4.69, 9.17) is 16.0 Å². The lowest BCUT2D eigenvalue weighted by Gasteiger charge is -2.07. The van der Waals surface area contributed by atoms with Gasteiger partial charge in [-0.1, -0.05) is 24.3 Å². The van der Waals surface area contributed by atoms with E-state index in [1.165, 1.54) is 24.3 Å². The van der Waals surface area contributed by atoms with Gasteiger partial charge < -0.3 is 14.8 Å². The smallest absolute Gasteiger partial charge is 0.338 e. The van der Waals surface area contributed by atoms with Crippen molar-refractivity contribution in [3.8, 4) is 5.75 Å². The van der Waals surface area contributed by atoms with E-state index in [0.29, 0.717) is 17.1 Å². The average molecular weight is 310 g/mol. The highest BCUT2D eigenvalue weighted by Crippen LogP contribution is 2.15. The third-order valence-corrected chi connectivity index (χ3v) is 2.94. The molecule has 0 heterocycles. The molecule has 0 saturated carbocycles. The van der Waals surface area contributed by atoms with E-state index in [1.54, 1.807) is 31.4 Å². The summed E-state index contributed by atoms with van der Waals surface area (Å²) in [5.41, 5.74) is 1.29. The van der Waals surface area contributed by atoms with Gasteiger partial charge in [-0.2, -0.15) is 0 Å². The number of anilines is 1. The number of esters is 1. The number of nitrogens with zero attached hydrogens (tertiary/aromatic N) is 1. The average Bonchev–Trinajstić information content (AvgIpc) is 2.60. The third kappa shape index (κ3) is 4.58. The first-order valence-corrected chi connectivity index (χ1v) is 6.71. The highest BCUT2D eigenvalue weighted by Gasteiger charge is 2.10. The third-order valence-electron chi connectivity index (χ3n) is 2.94. The number of carbonyl (C=O) groups is 2. The zero-order valence-corrected chi connectivity index (χ0v) is 12.4. The lowest BCUT2D eigenvalue weighted by molar-refractivity contribution is -0.119. The Balaban J connectivity index is 1.85. The molecule has 23 heavy (non-hydrogen) atoms. The van der Waals surface area contributed by atoms with E-state index in [0.717, 1.165) is 0 Å². The van der Waals surface area contributed by atoms with Crippen molar-refractivity contribution < 1.29 is 19.1 Å². The molecule has 116 valence electrons. The molecule has 2 aromatic carbocycles. The standard InChI is InChI=1S/C17H14N2O4/c1-18-13-5-3-12(4-6-13)17(21)23-11-16(20)19-14-7-9-15(22-2)10-8-14/h3-10H,11H2,2H3,(H,19,20). The Hall–Kier alpha value is -3.33. The van der Waals surface area contributed by atoms with Crippen molar-refractivity contribution >= 4 is 23.3 Å². The molecule has 0 bridgehead atoms. The van der Waals surface area contributed by atoms with Crippen LogP contribution in [-0.4, -0.2) is 25.6 Å². The van der Waals surface area contributed by atoms with Gasteiger partial charge in [0.05, 0.1) is 19.2 Å². The predicted molar refractivity (Wildman–Crippen MR) is 84.6 cm³/mol. The van der Waals surface area contributed by atoms with Gasteiger partial charge >= 0.3 is 5.97 Å². The Kier molecular flexibility index (Phi) is 5.31. The van der Waals surface area contributed by atoms with Gasteiger partial charge in [-0.15, -0.1) is 0 Å². The van der Waals surface area contributed by atoms with Crippen molar-refractivity contribution in [2.24, 2.45) is 0 Å². The fraction of sp³-hybridized carbons (Fsp3) is 0.118. The maximum atomic E-state index is 11.8. The maximum absolute atomic E-state index is 11.8. The summed E-state index contributed by atoms with van der Waals surface area (Å²) in [6.07, 6.45) is 0. The minimum Gasteiger partial charge on any atom is -0.497 e. The molecule has 0 aromatic heterocycles. The highest BCUT2D eigenvalue weighted by molar-refractivity contribution is 5.95. The van der Waals surface area contributed by atoms with Crippen LogP contribution in [0.5, 0.6) is 5.75 Å². The zero-order valence-electron chi connectivity index (χ0n) is 12.4. The summed E-state index contributed by atoms with van der Waals surface area (Å²) in [5, 5.41) is 2.61. The first-order chi connectivity index (χ1) is 11.1. The van der Waals surface area contributed by atoms with E-state index in [2.05, 4.69) is 10.2 Å². The minimum absolute atomic E-state index is 0.287. The number of nitrogens with one attached hydrogen (secondary N) is 1. The number of rotatable bonds is 5. The van der Waals surface area contributed by atoms with E-state index >= 15 is 0 Å². The molecule has 0 spiro atoms. The molecular formula is C17H14N2O4.